The van der Waals surface area contributed by atoms with Crippen molar-refractivity contribution < 1.29 is 14.7 Å². The van der Waals surface area contributed by atoms with Crippen molar-refractivity contribution in [1.29, 1.82) is 0 Å². The Balaban J connectivity index is 1.82. The Morgan fingerprint density at radius 3 is 2.77 bits per heavy atom. The van der Waals surface area contributed by atoms with Crippen LogP contribution in [-0.4, -0.2) is 23.5 Å². The number of amides is 2. The van der Waals surface area contributed by atoms with Gasteiger partial charge in [0.15, 0.2) is 0 Å². The zero-order valence-corrected chi connectivity index (χ0v) is 13.1. The molecular weight excluding hydrogens is 300 g/mol. The van der Waals surface area contributed by atoms with Gasteiger partial charge in [-0.25, -0.2) is 0 Å². The molecule has 0 aliphatic heterocycles. The zero-order chi connectivity index (χ0) is 15.9. The number of nitrogens with one attached hydrogen (secondary N) is 2. The van der Waals surface area contributed by atoms with Gasteiger partial charge in [0.25, 0.3) is 5.91 Å². The number of aliphatic hydroxyl groups is 1. The van der Waals surface area contributed by atoms with E-state index in [2.05, 4.69) is 10.6 Å². The number of hydrogen-bond donors (Lipinski definition) is 3. The number of aryl methyl sites for hydroxylation is 1. The van der Waals surface area contributed by atoms with E-state index in [0.717, 1.165) is 11.1 Å². The van der Waals surface area contributed by atoms with E-state index in [4.69, 9.17) is 5.11 Å². The fourth-order valence-corrected chi connectivity index (χ4v) is 2.54. The van der Waals surface area contributed by atoms with Gasteiger partial charge in [0.05, 0.1) is 11.5 Å². The van der Waals surface area contributed by atoms with Gasteiger partial charge in [-0.15, -0.1) is 11.3 Å². The zero-order valence-electron chi connectivity index (χ0n) is 12.3. The van der Waals surface area contributed by atoms with Crippen LogP contribution in [0.15, 0.2) is 35.7 Å². The molecule has 116 valence electrons. The van der Waals surface area contributed by atoms with Crippen molar-refractivity contribution >= 4 is 28.8 Å². The van der Waals surface area contributed by atoms with Crippen molar-refractivity contribution in [1.82, 2.24) is 5.32 Å². The largest absolute Gasteiger partial charge is 0.392 e. The second-order valence-electron chi connectivity index (χ2n) is 4.84. The maximum atomic E-state index is 11.9. The van der Waals surface area contributed by atoms with Crippen LogP contribution in [0.4, 0.5) is 5.69 Å². The number of thiophene rings is 1. The molecule has 2 amide bonds. The van der Waals surface area contributed by atoms with Crippen LogP contribution in [0.1, 0.15) is 27.2 Å². The summed E-state index contributed by atoms with van der Waals surface area (Å²) in [6, 6.07) is 8.95. The minimum absolute atomic E-state index is 0.0694. The van der Waals surface area contributed by atoms with Crippen molar-refractivity contribution in [2.75, 3.05) is 11.9 Å². The molecule has 1 aromatic heterocycles. The summed E-state index contributed by atoms with van der Waals surface area (Å²) in [6.07, 6.45) is 0.194. The molecule has 0 saturated carbocycles. The predicted molar refractivity (Wildman–Crippen MR) is 87.0 cm³/mol. The molecule has 1 aromatic carbocycles. The molecule has 2 aromatic rings. The van der Waals surface area contributed by atoms with E-state index in [9.17, 15) is 9.59 Å². The fourth-order valence-electron chi connectivity index (χ4n) is 1.90. The van der Waals surface area contributed by atoms with Crippen LogP contribution in [0.3, 0.4) is 0 Å². The summed E-state index contributed by atoms with van der Waals surface area (Å²) in [5.74, 6) is -0.342. The Bertz CT molecular complexity index is 653. The number of rotatable bonds is 6. The number of benzene rings is 1. The first kappa shape index (κ1) is 16.2. The quantitative estimate of drug-likeness (QED) is 0.765. The van der Waals surface area contributed by atoms with Crippen molar-refractivity contribution in [2.24, 2.45) is 0 Å². The van der Waals surface area contributed by atoms with Crippen molar-refractivity contribution in [3.8, 4) is 0 Å². The Morgan fingerprint density at radius 1 is 1.27 bits per heavy atom. The van der Waals surface area contributed by atoms with E-state index >= 15 is 0 Å². The van der Waals surface area contributed by atoms with Gasteiger partial charge in [0, 0.05) is 18.7 Å². The van der Waals surface area contributed by atoms with Gasteiger partial charge < -0.3 is 15.7 Å². The molecule has 0 aliphatic carbocycles. The standard InChI is InChI=1S/C16H18N2O3S/c1-11-4-5-12(10-19)9-13(11)18-15(20)6-7-17-16(21)14-3-2-8-22-14/h2-5,8-9,19H,6-7,10H2,1H3,(H,17,21)(H,18,20). The van der Waals surface area contributed by atoms with Crippen LogP contribution in [-0.2, 0) is 11.4 Å². The first-order valence-electron chi connectivity index (χ1n) is 6.92. The Labute approximate surface area is 133 Å². The van der Waals surface area contributed by atoms with E-state index in [0.29, 0.717) is 10.6 Å². The first-order valence-corrected chi connectivity index (χ1v) is 7.80. The van der Waals surface area contributed by atoms with Crippen molar-refractivity contribution in [3.63, 3.8) is 0 Å². The third-order valence-corrected chi connectivity index (χ3v) is 4.01. The smallest absolute Gasteiger partial charge is 0.261 e. The lowest BCUT2D eigenvalue weighted by Gasteiger charge is -2.10. The van der Waals surface area contributed by atoms with Gasteiger partial charge in [-0.3, -0.25) is 9.59 Å². The molecule has 0 saturated heterocycles. The Hall–Kier alpha value is -2.18. The van der Waals surface area contributed by atoms with Crippen LogP contribution in [0.2, 0.25) is 0 Å². The molecule has 6 heteroatoms. The van der Waals surface area contributed by atoms with Crippen LogP contribution in [0, 0.1) is 6.92 Å². The van der Waals surface area contributed by atoms with Crippen LogP contribution >= 0.6 is 11.3 Å². The van der Waals surface area contributed by atoms with E-state index in [1.807, 2.05) is 30.5 Å². The first-order chi connectivity index (χ1) is 10.6. The molecule has 2 rings (SSSR count). The summed E-state index contributed by atoms with van der Waals surface area (Å²) in [6.45, 7) is 2.09. The molecule has 0 aliphatic rings. The minimum atomic E-state index is -0.176. The summed E-state index contributed by atoms with van der Waals surface area (Å²) in [5.41, 5.74) is 2.35. The molecule has 0 spiro atoms. The number of hydrogen-bond acceptors (Lipinski definition) is 4. The molecule has 3 N–H and O–H groups in total. The average molecular weight is 318 g/mol. The third kappa shape index (κ3) is 4.41. The minimum Gasteiger partial charge on any atom is -0.392 e. The molecule has 0 radical (unpaired) electrons. The lowest BCUT2D eigenvalue weighted by Crippen LogP contribution is -2.27. The van der Waals surface area contributed by atoms with Gasteiger partial charge in [-0.1, -0.05) is 18.2 Å². The lowest BCUT2D eigenvalue weighted by molar-refractivity contribution is -0.116. The highest BCUT2D eigenvalue weighted by Crippen LogP contribution is 2.17. The number of anilines is 1. The average Bonchev–Trinajstić information content (AvgIpc) is 3.04. The second kappa shape index (κ2) is 7.72. The highest BCUT2D eigenvalue weighted by Gasteiger charge is 2.08. The maximum Gasteiger partial charge on any atom is 0.261 e. The highest BCUT2D eigenvalue weighted by molar-refractivity contribution is 7.12. The SMILES string of the molecule is Cc1ccc(CO)cc1NC(=O)CCNC(=O)c1cccs1. The highest BCUT2D eigenvalue weighted by atomic mass is 32.1. The van der Waals surface area contributed by atoms with Crippen LogP contribution in [0.25, 0.3) is 0 Å². The van der Waals surface area contributed by atoms with Crippen molar-refractivity contribution in [3.05, 3.63) is 51.7 Å². The lowest BCUT2D eigenvalue weighted by atomic mass is 10.1. The molecule has 5 nitrogen and oxygen atoms in total. The fraction of sp³-hybridized carbons (Fsp3) is 0.250. The summed E-state index contributed by atoms with van der Waals surface area (Å²) in [5, 5.41) is 16.5. The molecule has 0 atom stereocenters. The summed E-state index contributed by atoms with van der Waals surface area (Å²) in [7, 11) is 0. The predicted octanol–water partition coefficient (Wildman–Crippen LogP) is 2.31. The van der Waals surface area contributed by atoms with Gasteiger partial charge in [0.2, 0.25) is 5.91 Å². The monoisotopic (exact) mass is 318 g/mol. The van der Waals surface area contributed by atoms with Gasteiger partial charge in [-0.05, 0) is 35.6 Å². The third-order valence-electron chi connectivity index (χ3n) is 3.14. The second-order valence-corrected chi connectivity index (χ2v) is 5.79. The van der Waals surface area contributed by atoms with Gasteiger partial charge in [0.1, 0.15) is 0 Å². The topological polar surface area (TPSA) is 78.4 Å². The van der Waals surface area contributed by atoms with E-state index in [1.54, 1.807) is 12.1 Å². The Morgan fingerprint density at radius 2 is 2.09 bits per heavy atom. The van der Waals surface area contributed by atoms with Gasteiger partial charge in [-0.2, -0.15) is 0 Å². The maximum absolute atomic E-state index is 11.9. The summed E-state index contributed by atoms with van der Waals surface area (Å²) >= 11 is 1.36. The van der Waals surface area contributed by atoms with E-state index in [1.165, 1.54) is 11.3 Å². The van der Waals surface area contributed by atoms with Crippen molar-refractivity contribution in [2.45, 2.75) is 20.0 Å². The molecule has 0 unspecified atom stereocenters. The number of aliphatic hydroxyl groups excluding tert-OH is 1. The van der Waals surface area contributed by atoms with E-state index < -0.39 is 0 Å². The van der Waals surface area contributed by atoms with E-state index in [-0.39, 0.29) is 31.4 Å². The summed E-state index contributed by atoms with van der Waals surface area (Å²) in [4.78, 5) is 24.3. The van der Waals surface area contributed by atoms with Crippen LogP contribution < -0.4 is 10.6 Å². The normalized spacial score (nSPS) is 10.3. The number of carbonyl (C=O) groups excluding carboxylic acids is 2. The molecular formula is C16H18N2O3S. The summed E-state index contributed by atoms with van der Waals surface area (Å²) < 4.78 is 0. The number of carbonyl (C=O) groups is 2. The van der Waals surface area contributed by atoms with Gasteiger partial charge >= 0.3 is 0 Å². The molecule has 1 heterocycles. The Kier molecular flexibility index (Phi) is 5.68. The molecule has 0 fully saturated rings. The molecule has 22 heavy (non-hydrogen) atoms. The molecule has 0 bridgehead atoms. The van der Waals surface area contributed by atoms with Crippen LogP contribution in [0.5, 0.6) is 0 Å².